The van der Waals surface area contributed by atoms with E-state index in [4.69, 9.17) is 4.74 Å². The van der Waals surface area contributed by atoms with Crippen LogP contribution in [0.1, 0.15) is 37.7 Å². The van der Waals surface area contributed by atoms with Gasteiger partial charge < -0.3 is 9.84 Å². The summed E-state index contributed by atoms with van der Waals surface area (Å²) in [5.41, 5.74) is 0.185. The molecule has 1 unspecified atom stereocenters. The van der Waals surface area contributed by atoms with E-state index in [1.807, 2.05) is 30.3 Å². The molecule has 2 rings (SSSR count). The molecule has 1 N–H and O–H groups in total. The maximum atomic E-state index is 11.0. The van der Waals surface area contributed by atoms with Crippen LogP contribution >= 0.6 is 0 Å². The minimum atomic E-state index is -0.809. The molecule has 94 valence electrons. The van der Waals surface area contributed by atoms with E-state index in [0.717, 1.165) is 18.4 Å². The Morgan fingerprint density at radius 2 is 1.82 bits per heavy atom. The van der Waals surface area contributed by atoms with Crippen LogP contribution in [0.2, 0.25) is 0 Å². The van der Waals surface area contributed by atoms with E-state index in [-0.39, 0.29) is 0 Å². The van der Waals surface area contributed by atoms with Crippen molar-refractivity contribution in [3.8, 4) is 0 Å². The molecule has 0 spiro atoms. The number of rotatable bonds is 4. The Morgan fingerprint density at radius 1 is 1.18 bits per heavy atom. The highest BCUT2D eigenvalue weighted by atomic mass is 16.5. The minimum Gasteiger partial charge on any atom is -0.382 e. The van der Waals surface area contributed by atoms with Crippen molar-refractivity contribution in [3.05, 3.63) is 35.9 Å². The molecule has 0 radical (unpaired) electrons. The first-order valence-electron chi connectivity index (χ1n) is 6.54. The van der Waals surface area contributed by atoms with E-state index in [1.165, 1.54) is 19.3 Å². The van der Waals surface area contributed by atoms with Crippen LogP contribution in [0, 0.1) is 5.92 Å². The Balaban J connectivity index is 2.24. The topological polar surface area (TPSA) is 29.5 Å². The molecule has 1 aliphatic carbocycles. The Morgan fingerprint density at radius 3 is 2.41 bits per heavy atom. The number of benzene rings is 1. The lowest BCUT2D eigenvalue weighted by Gasteiger charge is -2.38. The second kappa shape index (κ2) is 5.65. The number of hydrogen-bond donors (Lipinski definition) is 1. The predicted molar refractivity (Wildman–Crippen MR) is 68.8 cm³/mol. The first-order valence-corrected chi connectivity index (χ1v) is 6.54. The molecule has 1 aromatic rings. The predicted octanol–water partition coefficient (Wildman–Crippen LogP) is 3.10. The molecule has 0 aromatic heterocycles. The van der Waals surface area contributed by atoms with E-state index >= 15 is 0 Å². The van der Waals surface area contributed by atoms with Gasteiger partial charge in [-0.15, -0.1) is 0 Å². The highest BCUT2D eigenvalue weighted by Crippen LogP contribution is 2.39. The lowest BCUT2D eigenvalue weighted by atomic mass is 9.74. The van der Waals surface area contributed by atoms with Crippen molar-refractivity contribution < 1.29 is 9.84 Å². The second-order valence-corrected chi connectivity index (χ2v) is 5.06. The molecular formula is C15H22O2. The van der Waals surface area contributed by atoms with Crippen LogP contribution in [0.3, 0.4) is 0 Å². The van der Waals surface area contributed by atoms with Crippen LogP contribution in [0.4, 0.5) is 0 Å². The van der Waals surface area contributed by atoms with Gasteiger partial charge in [-0.05, 0) is 24.3 Å². The summed E-state index contributed by atoms with van der Waals surface area (Å²) in [6, 6.07) is 9.97. The fourth-order valence-electron chi connectivity index (χ4n) is 2.96. The number of hydrogen-bond acceptors (Lipinski definition) is 2. The molecule has 0 amide bonds. The molecule has 17 heavy (non-hydrogen) atoms. The maximum Gasteiger partial charge on any atom is 0.116 e. The van der Waals surface area contributed by atoms with Gasteiger partial charge in [-0.1, -0.05) is 49.6 Å². The number of methoxy groups -OCH3 is 1. The van der Waals surface area contributed by atoms with Crippen LogP contribution in [-0.4, -0.2) is 18.8 Å². The fraction of sp³-hybridized carbons (Fsp3) is 0.600. The Hall–Kier alpha value is -0.860. The molecule has 1 atom stereocenters. The maximum absolute atomic E-state index is 11.0. The van der Waals surface area contributed by atoms with Crippen molar-refractivity contribution in [2.24, 2.45) is 5.92 Å². The minimum absolute atomic E-state index is 0.332. The summed E-state index contributed by atoms with van der Waals surface area (Å²) in [5.74, 6) is 0.332. The lowest BCUT2D eigenvalue weighted by molar-refractivity contribution is -0.0899. The highest BCUT2D eigenvalue weighted by molar-refractivity contribution is 5.23. The molecule has 1 fully saturated rings. The molecule has 0 bridgehead atoms. The Kier molecular flexibility index (Phi) is 4.19. The van der Waals surface area contributed by atoms with Gasteiger partial charge in [0.05, 0.1) is 6.61 Å². The molecule has 2 nitrogen and oxygen atoms in total. The smallest absolute Gasteiger partial charge is 0.116 e. The second-order valence-electron chi connectivity index (χ2n) is 5.06. The normalized spacial score (nSPS) is 21.1. The number of aliphatic hydroxyl groups is 1. The summed E-state index contributed by atoms with van der Waals surface area (Å²) in [7, 11) is 1.66. The zero-order chi connectivity index (χ0) is 12.1. The molecule has 0 saturated heterocycles. The third kappa shape index (κ3) is 2.70. The van der Waals surface area contributed by atoms with Crippen LogP contribution in [0.5, 0.6) is 0 Å². The van der Waals surface area contributed by atoms with Crippen molar-refractivity contribution in [1.29, 1.82) is 0 Å². The molecule has 1 aliphatic rings. The largest absolute Gasteiger partial charge is 0.382 e. The van der Waals surface area contributed by atoms with Crippen LogP contribution in [0.15, 0.2) is 30.3 Å². The average molecular weight is 234 g/mol. The van der Waals surface area contributed by atoms with Gasteiger partial charge in [-0.3, -0.25) is 0 Å². The summed E-state index contributed by atoms with van der Waals surface area (Å²) < 4.78 is 5.26. The zero-order valence-electron chi connectivity index (χ0n) is 10.6. The van der Waals surface area contributed by atoms with Gasteiger partial charge in [0, 0.05) is 7.11 Å². The Bertz CT molecular complexity index is 330. The fourth-order valence-corrected chi connectivity index (χ4v) is 2.96. The molecule has 0 aliphatic heterocycles. The molecule has 2 heteroatoms. The standard InChI is InChI=1S/C15H22O2/c1-17-12-15(16,13-8-4-2-5-9-13)14-10-6-3-7-11-14/h2,4-5,8-9,14,16H,3,6-7,10-12H2,1H3. The van der Waals surface area contributed by atoms with Crippen molar-refractivity contribution in [1.82, 2.24) is 0 Å². The average Bonchev–Trinajstić information content (AvgIpc) is 2.41. The van der Waals surface area contributed by atoms with E-state index in [1.54, 1.807) is 7.11 Å². The summed E-state index contributed by atoms with van der Waals surface area (Å²) in [6.07, 6.45) is 5.96. The summed E-state index contributed by atoms with van der Waals surface area (Å²) in [4.78, 5) is 0. The molecule has 1 saturated carbocycles. The van der Waals surface area contributed by atoms with Gasteiger partial charge >= 0.3 is 0 Å². The Labute approximate surface area is 104 Å². The van der Waals surface area contributed by atoms with Gasteiger partial charge in [0.2, 0.25) is 0 Å². The third-order valence-electron chi connectivity index (χ3n) is 3.92. The van der Waals surface area contributed by atoms with Crippen molar-refractivity contribution in [2.75, 3.05) is 13.7 Å². The monoisotopic (exact) mass is 234 g/mol. The van der Waals surface area contributed by atoms with E-state index in [9.17, 15) is 5.11 Å². The van der Waals surface area contributed by atoms with Gasteiger partial charge in [0.25, 0.3) is 0 Å². The summed E-state index contributed by atoms with van der Waals surface area (Å²) >= 11 is 0. The van der Waals surface area contributed by atoms with Crippen molar-refractivity contribution >= 4 is 0 Å². The quantitative estimate of drug-likeness (QED) is 0.867. The van der Waals surface area contributed by atoms with Crippen LogP contribution in [-0.2, 0) is 10.3 Å². The first-order chi connectivity index (χ1) is 8.27. The third-order valence-corrected chi connectivity index (χ3v) is 3.92. The van der Waals surface area contributed by atoms with Crippen LogP contribution < -0.4 is 0 Å². The van der Waals surface area contributed by atoms with E-state index in [0.29, 0.717) is 12.5 Å². The highest BCUT2D eigenvalue weighted by Gasteiger charge is 2.38. The zero-order valence-corrected chi connectivity index (χ0v) is 10.6. The van der Waals surface area contributed by atoms with E-state index in [2.05, 4.69) is 0 Å². The molecule has 0 heterocycles. The van der Waals surface area contributed by atoms with Crippen LogP contribution in [0.25, 0.3) is 0 Å². The van der Waals surface area contributed by atoms with Gasteiger partial charge in [0.1, 0.15) is 5.60 Å². The molecule has 1 aromatic carbocycles. The van der Waals surface area contributed by atoms with Gasteiger partial charge in [-0.25, -0.2) is 0 Å². The van der Waals surface area contributed by atoms with Gasteiger partial charge in [0.15, 0.2) is 0 Å². The lowest BCUT2D eigenvalue weighted by Crippen LogP contribution is -2.40. The molecular weight excluding hydrogens is 212 g/mol. The summed E-state index contributed by atoms with van der Waals surface area (Å²) in [5, 5.41) is 11.0. The number of ether oxygens (including phenoxy) is 1. The summed E-state index contributed by atoms with van der Waals surface area (Å²) in [6.45, 7) is 0.391. The SMILES string of the molecule is COCC(O)(c1ccccc1)C1CCCCC1. The van der Waals surface area contributed by atoms with Crippen molar-refractivity contribution in [3.63, 3.8) is 0 Å². The van der Waals surface area contributed by atoms with Gasteiger partial charge in [-0.2, -0.15) is 0 Å². The van der Waals surface area contributed by atoms with E-state index < -0.39 is 5.60 Å². The van der Waals surface area contributed by atoms with Crippen molar-refractivity contribution in [2.45, 2.75) is 37.7 Å². The first kappa shape index (κ1) is 12.6.